The molecule has 1 aliphatic heterocycles. The Balaban J connectivity index is 1.86. The molecule has 0 aromatic heterocycles. The number of hydrogen-bond donors (Lipinski definition) is 2. The minimum Gasteiger partial charge on any atom is -0.482 e. The fraction of sp³-hybridized carbons (Fsp3) is 0.417. The highest BCUT2D eigenvalue weighted by Gasteiger charge is 2.28. The van der Waals surface area contributed by atoms with Crippen molar-refractivity contribution in [2.75, 3.05) is 11.9 Å². The molecule has 4 heteroatoms. The smallest absolute Gasteiger partial charge is 0.262 e. The van der Waals surface area contributed by atoms with E-state index in [0.717, 1.165) is 24.3 Å². The average molecular weight is 218 g/mol. The zero-order chi connectivity index (χ0) is 11.1. The van der Waals surface area contributed by atoms with Gasteiger partial charge in [0.1, 0.15) is 5.75 Å². The number of fused-ring (bicyclic) bond motifs is 1. The van der Waals surface area contributed by atoms with Crippen molar-refractivity contribution in [3.63, 3.8) is 0 Å². The molecule has 1 aromatic carbocycles. The molecule has 1 heterocycles. The average Bonchev–Trinajstić information content (AvgIpc) is 2.24. The van der Waals surface area contributed by atoms with Gasteiger partial charge in [-0.1, -0.05) is 6.07 Å². The van der Waals surface area contributed by atoms with Crippen LogP contribution in [0.5, 0.6) is 5.75 Å². The molecule has 0 bridgehead atoms. The van der Waals surface area contributed by atoms with Gasteiger partial charge in [-0.15, -0.1) is 0 Å². The van der Waals surface area contributed by atoms with Gasteiger partial charge in [0.15, 0.2) is 6.61 Å². The third kappa shape index (κ3) is 1.55. The lowest BCUT2D eigenvalue weighted by atomic mass is 9.76. The summed E-state index contributed by atoms with van der Waals surface area (Å²) in [5.74, 6) is 1.21. The summed E-state index contributed by atoms with van der Waals surface area (Å²) in [6, 6.07) is 6.33. The second-order valence-electron chi connectivity index (χ2n) is 4.52. The molecular formula is C12H14N2O2. The van der Waals surface area contributed by atoms with Gasteiger partial charge >= 0.3 is 0 Å². The zero-order valence-electron chi connectivity index (χ0n) is 8.90. The number of hydrogen-bond acceptors (Lipinski definition) is 3. The van der Waals surface area contributed by atoms with Crippen molar-refractivity contribution in [3.05, 3.63) is 23.8 Å². The number of carbonyl (C=O) groups is 1. The molecule has 1 amide bonds. The van der Waals surface area contributed by atoms with Crippen LogP contribution in [0.25, 0.3) is 0 Å². The molecule has 2 aliphatic rings. The summed E-state index contributed by atoms with van der Waals surface area (Å²) < 4.78 is 5.31. The fourth-order valence-electron chi connectivity index (χ4n) is 2.29. The summed E-state index contributed by atoms with van der Waals surface area (Å²) in [6.45, 7) is 0.112. The van der Waals surface area contributed by atoms with Crippen LogP contribution >= 0.6 is 0 Å². The first-order valence-electron chi connectivity index (χ1n) is 5.54. The van der Waals surface area contributed by atoms with Gasteiger partial charge in [0, 0.05) is 6.04 Å². The molecule has 1 aromatic rings. The summed E-state index contributed by atoms with van der Waals surface area (Å²) in [4.78, 5) is 11.2. The highest BCUT2D eigenvalue weighted by atomic mass is 16.5. The number of benzene rings is 1. The highest BCUT2D eigenvalue weighted by molar-refractivity contribution is 5.95. The summed E-state index contributed by atoms with van der Waals surface area (Å²) in [7, 11) is 0. The van der Waals surface area contributed by atoms with Crippen molar-refractivity contribution >= 4 is 11.6 Å². The van der Waals surface area contributed by atoms with Crippen molar-refractivity contribution < 1.29 is 9.53 Å². The van der Waals surface area contributed by atoms with E-state index in [9.17, 15) is 4.79 Å². The predicted molar refractivity (Wildman–Crippen MR) is 60.5 cm³/mol. The van der Waals surface area contributed by atoms with Crippen LogP contribution in [0.15, 0.2) is 18.2 Å². The zero-order valence-corrected chi connectivity index (χ0v) is 8.90. The van der Waals surface area contributed by atoms with Gasteiger partial charge in [0.05, 0.1) is 5.69 Å². The second-order valence-corrected chi connectivity index (χ2v) is 4.52. The Bertz CT molecular complexity index is 439. The highest BCUT2D eigenvalue weighted by Crippen LogP contribution is 2.39. The number of nitrogens with two attached hydrogens (primary N) is 1. The first-order valence-corrected chi connectivity index (χ1v) is 5.54. The Morgan fingerprint density at radius 2 is 2.19 bits per heavy atom. The summed E-state index contributed by atoms with van der Waals surface area (Å²) >= 11 is 0. The number of amides is 1. The molecule has 84 valence electrons. The van der Waals surface area contributed by atoms with Crippen LogP contribution in [0.1, 0.15) is 24.3 Å². The fourth-order valence-corrected chi connectivity index (χ4v) is 2.29. The standard InChI is InChI=1S/C12H14N2O2/c13-9-3-8(4-9)7-1-2-11-10(5-7)14-12(15)6-16-11/h1-2,5,8-9H,3-4,6,13H2,(H,14,15). The normalized spacial score (nSPS) is 27.4. The van der Waals surface area contributed by atoms with Crippen molar-refractivity contribution in [2.24, 2.45) is 5.73 Å². The molecule has 3 rings (SSSR count). The minimum absolute atomic E-state index is 0.0880. The number of anilines is 1. The molecular weight excluding hydrogens is 204 g/mol. The third-order valence-corrected chi connectivity index (χ3v) is 3.28. The Labute approximate surface area is 93.8 Å². The number of nitrogens with one attached hydrogen (secondary N) is 1. The Morgan fingerprint density at radius 3 is 2.94 bits per heavy atom. The number of rotatable bonds is 1. The van der Waals surface area contributed by atoms with Crippen LogP contribution in [-0.4, -0.2) is 18.6 Å². The molecule has 4 nitrogen and oxygen atoms in total. The lowest BCUT2D eigenvalue weighted by Gasteiger charge is -2.33. The van der Waals surface area contributed by atoms with E-state index >= 15 is 0 Å². The molecule has 1 saturated carbocycles. The molecule has 0 saturated heterocycles. The minimum atomic E-state index is -0.0880. The molecule has 0 unspecified atom stereocenters. The van der Waals surface area contributed by atoms with Crippen molar-refractivity contribution in [3.8, 4) is 5.75 Å². The van der Waals surface area contributed by atoms with E-state index in [1.54, 1.807) is 0 Å². The quantitative estimate of drug-likeness (QED) is 0.745. The molecule has 3 N–H and O–H groups in total. The van der Waals surface area contributed by atoms with E-state index in [2.05, 4.69) is 11.4 Å². The topological polar surface area (TPSA) is 64.3 Å². The maximum atomic E-state index is 11.2. The van der Waals surface area contributed by atoms with Crippen LogP contribution in [0, 0.1) is 0 Å². The molecule has 0 spiro atoms. The molecule has 1 aliphatic carbocycles. The van der Waals surface area contributed by atoms with E-state index < -0.39 is 0 Å². The van der Waals surface area contributed by atoms with Crippen LogP contribution < -0.4 is 15.8 Å². The maximum Gasteiger partial charge on any atom is 0.262 e. The van der Waals surface area contributed by atoms with E-state index in [0.29, 0.717) is 12.0 Å². The van der Waals surface area contributed by atoms with Crippen molar-refractivity contribution in [1.82, 2.24) is 0 Å². The SMILES string of the molecule is NC1CC(c2ccc3c(c2)NC(=O)CO3)C1. The largest absolute Gasteiger partial charge is 0.482 e. The third-order valence-electron chi connectivity index (χ3n) is 3.28. The first kappa shape index (κ1) is 9.66. The molecule has 0 atom stereocenters. The van der Waals surface area contributed by atoms with Crippen LogP contribution in [0.2, 0.25) is 0 Å². The van der Waals surface area contributed by atoms with Crippen LogP contribution in [-0.2, 0) is 4.79 Å². The van der Waals surface area contributed by atoms with E-state index in [1.165, 1.54) is 5.56 Å². The van der Waals surface area contributed by atoms with Crippen molar-refractivity contribution in [1.29, 1.82) is 0 Å². The van der Waals surface area contributed by atoms with Gasteiger partial charge in [-0.25, -0.2) is 0 Å². The van der Waals surface area contributed by atoms with E-state index in [1.807, 2.05) is 12.1 Å². The van der Waals surface area contributed by atoms with Crippen molar-refractivity contribution in [2.45, 2.75) is 24.8 Å². The van der Waals surface area contributed by atoms with Crippen LogP contribution in [0.4, 0.5) is 5.69 Å². The second kappa shape index (κ2) is 3.49. The number of ether oxygens (including phenoxy) is 1. The van der Waals surface area contributed by atoms with E-state index in [-0.39, 0.29) is 12.5 Å². The van der Waals surface area contributed by atoms with Gasteiger partial charge in [-0.05, 0) is 36.5 Å². The van der Waals surface area contributed by atoms with Crippen LogP contribution in [0.3, 0.4) is 0 Å². The first-order chi connectivity index (χ1) is 7.72. The Kier molecular flexibility index (Phi) is 2.11. The maximum absolute atomic E-state index is 11.2. The molecule has 0 radical (unpaired) electrons. The Morgan fingerprint density at radius 1 is 1.38 bits per heavy atom. The molecule has 16 heavy (non-hydrogen) atoms. The summed E-state index contributed by atoms with van der Waals surface area (Å²) in [5.41, 5.74) is 7.80. The Hall–Kier alpha value is -1.55. The summed E-state index contributed by atoms with van der Waals surface area (Å²) in [5, 5.41) is 2.82. The van der Waals surface area contributed by atoms with E-state index in [4.69, 9.17) is 10.5 Å². The lowest BCUT2D eigenvalue weighted by Crippen LogP contribution is -2.34. The van der Waals surface area contributed by atoms with Gasteiger partial charge in [-0.2, -0.15) is 0 Å². The van der Waals surface area contributed by atoms with Gasteiger partial charge < -0.3 is 15.8 Å². The summed E-state index contributed by atoms with van der Waals surface area (Å²) in [6.07, 6.45) is 2.07. The van der Waals surface area contributed by atoms with Gasteiger partial charge in [0.2, 0.25) is 0 Å². The molecule has 1 fully saturated rings. The van der Waals surface area contributed by atoms with Gasteiger partial charge in [0.25, 0.3) is 5.91 Å². The lowest BCUT2D eigenvalue weighted by molar-refractivity contribution is -0.118. The monoisotopic (exact) mass is 218 g/mol. The predicted octanol–water partition coefficient (Wildman–Crippen LogP) is 1.22. The van der Waals surface area contributed by atoms with Gasteiger partial charge in [-0.3, -0.25) is 4.79 Å². The number of carbonyl (C=O) groups excluding carboxylic acids is 1.